The predicted octanol–water partition coefficient (Wildman–Crippen LogP) is 6.36. The van der Waals surface area contributed by atoms with Crippen LogP contribution in [0.3, 0.4) is 0 Å². The molecule has 0 unspecified atom stereocenters. The molecular formula is C29H38NO8P. The van der Waals surface area contributed by atoms with Crippen molar-refractivity contribution in [2.24, 2.45) is 5.92 Å². The lowest BCUT2D eigenvalue weighted by molar-refractivity contribution is -0.143. The topological polar surface area (TPSA) is 119 Å². The monoisotopic (exact) mass is 559 g/mol. The van der Waals surface area contributed by atoms with Gasteiger partial charge in [-0.05, 0) is 64.7 Å². The van der Waals surface area contributed by atoms with Gasteiger partial charge in [0, 0.05) is 0 Å². The summed E-state index contributed by atoms with van der Waals surface area (Å²) >= 11 is 0. The first-order valence-electron chi connectivity index (χ1n) is 12.9. The summed E-state index contributed by atoms with van der Waals surface area (Å²) in [5.74, 6) is -2.72. The van der Waals surface area contributed by atoms with Crippen LogP contribution in [0.5, 0.6) is 0 Å². The van der Waals surface area contributed by atoms with Crippen molar-refractivity contribution in [1.29, 1.82) is 0 Å². The van der Waals surface area contributed by atoms with E-state index in [9.17, 15) is 24.1 Å². The smallest absolute Gasteiger partial charge is 0.417 e. The summed E-state index contributed by atoms with van der Waals surface area (Å²) in [7, 11) is -3.51. The highest BCUT2D eigenvalue weighted by Crippen LogP contribution is 2.56. The lowest BCUT2D eigenvalue weighted by Crippen LogP contribution is -2.40. The highest BCUT2D eigenvalue weighted by atomic mass is 31.2. The molecule has 3 rings (SSSR count). The molecule has 9 nitrogen and oxygen atoms in total. The van der Waals surface area contributed by atoms with Gasteiger partial charge >= 0.3 is 19.7 Å². The third kappa shape index (κ3) is 9.02. The van der Waals surface area contributed by atoms with E-state index in [0.29, 0.717) is 11.1 Å². The van der Waals surface area contributed by atoms with Crippen molar-refractivity contribution in [3.05, 3.63) is 71.3 Å². The summed E-state index contributed by atoms with van der Waals surface area (Å²) in [6.45, 7) is 10.9. The molecule has 1 fully saturated rings. The maximum Gasteiger partial charge on any atom is 0.417 e. The van der Waals surface area contributed by atoms with E-state index in [2.05, 4.69) is 0 Å². The number of aliphatic carboxylic acids is 1. The number of hydrogen-bond donors (Lipinski definition) is 1. The molecular weight excluding hydrogens is 521 g/mol. The molecule has 2 aromatic carbocycles. The summed E-state index contributed by atoms with van der Waals surface area (Å²) in [5.41, 5.74) is 0.780. The summed E-state index contributed by atoms with van der Waals surface area (Å²) in [6.07, 6.45) is -1.07. The summed E-state index contributed by atoms with van der Waals surface area (Å²) in [6, 6.07) is 15.4. The molecule has 10 heteroatoms. The second kappa shape index (κ2) is 12.0. The van der Waals surface area contributed by atoms with Crippen molar-refractivity contribution in [3.8, 4) is 0 Å². The standard InChI is InChI=1S/C29H38NO8P/c1-28(2,3)37-39(35,38-29(4,5)6)19-21-14-12-20(13-15-21)16-23(17-25(31)32)26(33)30-24(18-36-27(30)34)22-10-8-7-9-11-22/h7-15,23-24H,16-19H2,1-6H3,(H,31,32)/t23-,24-/m1/s1. The Morgan fingerprint density at radius 1 is 0.974 bits per heavy atom. The van der Waals surface area contributed by atoms with Crippen LogP contribution in [0.1, 0.15) is 70.7 Å². The molecule has 1 aliphatic rings. The number of cyclic esters (lactones) is 1. The lowest BCUT2D eigenvalue weighted by atomic mass is 9.93. The van der Waals surface area contributed by atoms with Gasteiger partial charge in [-0.3, -0.25) is 14.2 Å². The number of carboxylic acid groups (broad SMARTS) is 1. The first kappa shape index (κ1) is 30.5. The summed E-state index contributed by atoms with van der Waals surface area (Å²) in [5, 5.41) is 9.51. The molecule has 1 heterocycles. The van der Waals surface area contributed by atoms with E-state index in [4.69, 9.17) is 13.8 Å². The Hall–Kier alpha value is -3.00. The second-order valence-corrected chi connectivity index (χ2v) is 13.6. The van der Waals surface area contributed by atoms with Crippen molar-refractivity contribution < 1.29 is 37.8 Å². The second-order valence-electron chi connectivity index (χ2n) is 11.7. The molecule has 1 N–H and O–H groups in total. The van der Waals surface area contributed by atoms with E-state index in [1.165, 1.54) is 0 Å². The van der Waals surface area contributed by atoms with E-state index < -0.39 is 55.1 Å². The number of carbonyl (C=O) groups excluding carboxylic acids is 2. The third-order valence-corrected chi connectivity index (χ3v) is 8.18. The van der Waals surface area contributed by atoms with Crippen molar-refractivity contribution in [3.63, 3.8) is 0 Å². The van der Waals surface area contributed by atoms with E-state index in [0.717, 1.165) is 10.5 Å². The minimum absolute atomic E-state index is 0.0103. The molecule has 1 aliphatic heterocycles. The predicted molar refractivity (Wildman–Crippen MR) is 146 cm³/mol. The first-order chi connectivity index (χ1) is 18.1. The van der Waals surface area contributed by atoms with Gasteiger partial charge in [0.2, 0.25) is 5.91 Å². The Morgan fingerprint density at radius 2 is 1.51 bits per heavy atom. The van der Waals surface area contributed by atoms with Crippen LogP contribution in [0, 0.1) is 5.92 Å². The molecule has 0 radical (unpaired) electrons. The van der Waals surface area contributed by atoms with E-state index in [1.807, 2.05) is 47.6 Å². The van der Waals surface area contributed by atoms with Gasteiger partial charge in [-0.2, -0.15) is 0 Å². The van der Waals surface area contributed by atoms with Gasteiger partial charge in [-0.15, -0.1) is 0 Å². The molecule has 2 aromatic rings. The largest absolute Gasteiger partial charge is 0.481 e. The zero-order valence-electron chi connectivity index (χ0n) is 23.4. The van der Waals surface area contributed by atoms with Crippen molar-refractivity contribution in [2.45, 2.75) is 77.8 Å². The Labute approximate surface area is 230 Å². The minimum atomic E-state index is -3.51. The highest BCUT2D eigenvalue weighted by molar-refractivity contribution is 7.53. The Bertz CT molecular complexity index is 1190. The lowest BCUT2D eigenvalue weighted by Gasteiger charge is -2.32. The number of carbonyl (C=O) groups is 3. The van der Waals surface area contributed by atoms with E-state index in [-0.39, 0.29) is 19.2 Å². The van der Waals surface area contributed by atoms with Crippen LogP contribution in [0.2, 0.25) is 0 Å². The molecule has 0 bridgehead atoms. The van der Waals surface area contributed by atoms with Crippen LogP contribution in [-0.2, 0) is 40.5 Å². The fraction of sp³-hybridized carbons (Fsp3) is 0.483. The molecule has 0 spiro atoms. The number of carboxylic acids is 1. The van der Waals surface area contributed by atoms with Gasteiger partial charge < -0.3 is 18.9 Å². The zero-order chi connectivity index (χ0) is 29.0. The van der Waals surface area contributed by atoms with Gasteiger partial charge in [0.05, 0.1) is 29.7 Å². The number of benzene rings is 2. The maximum atomic E-state index is 13.6. The number of hydrogen-bond acceptors (Lipinski definition) is 7. The van der Waals surface area contributed by atoms with E-state index >= 15 is 0 Å². The quantitative estimate of drug-likeness (QED) is 0.334. The molecule has 0 aromatic heterocycles. The van der Waals surface area contributed by atoms with Crippen molar-refractivity contribution in [2.75, 3.05) is 6.61 Å². The van der Waals surface area contributed by atoms with Crippen LogP contribution in [-0.4, -0.2) is 45.8 Å². The molecule has 212 valence electrons. The average molecular weight is 560 g/mol. The highest BCUT2D eigenvalue weighted by Gasteiger charge is 2.42. The van der Waals surface area contributed by atoms with Crippen LogP contribution in [0.4, 0.5) is 4.79 Å². The first-order valence-corrected chi connectivity index (χ1v) is 14.6. The van der Waals surface area contributed by atoms with Crippen LogP contribution < -0.4 is 0 Å². The Kier molecular flexibility index (Phi) is 9.42. The summed E-state index contributed by atoms with van der Waals surface area (Å²) in [4.78, 5) is 38.7. The summed E-state index contributed by atoms with van der Waals surface area (Å²) < 4.78 is 30.5. The van der Waals surface area contributed by atoms with Gasteiger partial charge in [0.15, 0.2) is 0 Å². The number of amides is 2. The minimum Gasteiger partial charge on any atom is -0.481 e. The Morgan fingerprint density at radius 3 is 2.03 bits per heavy atom. The molecule has 2 amide bonds. The number of imide groups is 1. The zero-order valence-corrected chi connectivity index (χ0v) is 24.3. The van der Waals surface area contributed by atoms with Crippen LogP contribution in [0.15, 0.2) is 54.6 Å². The molecule has 2 atom stereocenters. The molecule has 39 heavy (non-hydrogen) atoms. The van der Waals surface area contributed by atoms with Crippen molar-refractivity contribution >= 4 is 25.6 Å². The fourth-order valence-corrected chi connectivity index (χ4v) is 6.94. The van der Waals surface area contributed by atoms with Crippen molar-refractivity contribution in [1.82, 2.24) is 4.90 Å². The molecule has 1 saturated heterocycles. The van der Waals surface area contributed by atoms with E-state index in [1.54, 1.807) is 48.5 Å². The number of ether oxygens (including phenoxy) is 1. The molecule has 0 aliphatic carbocycles. The maximum absolute atomic E-state index is 13.6. The van der Waals surface area contributed by atoms with Gasteiger partial charge in [-0.25, -0.2) is 9.69 Å². The fourth-order valence-electron chi connectivity index (χ4n) is 4.45. The molecule has 0 saturated carbocycles. The average Bonchev–Trinajstić information content (AvgIpc) is 3.18. The van der Waals surface area contributed by atoms with Crippen LogP contribution in [0.25, 0.3) is 0 Å². The number of nitrogens with zero attached hydrogens (tertiary/aromatic N) is 1. The number of rotatable bonds is 10. The SMILES string of the molecule is CC(C)(C)OP(=O)(Cc1ccc(C[C@H](CC(=O)O)C(=O)N2C(=O)OC[C@@H]2c2ccccc2)cc1)OC(C)(C)C. The van der Waals surface area contributed by atoms with Crippen LogP contribution >= 0.6 is 7.60 Å². The Balaban J connectivity index is 1.80. The normalized spacial score (nSPS) is 17.1. The van der Waals surface area contributed by atoms with Gasteiger partial charge in [-0.1, -0.05) is 54.6 Å². The van der Waals surface area contributed by atoms with Gasteiger partial charge in [0.1, 0.15) is 12.6 Å². The third-order valence-electron chi connectivity index (χ3n) is 5.77. The van der Waals surface area contributed by atoms with Gasteiger partial charge in [0.25, 0.3) is 0 Å².